The summed E-state index contributed by atoms with van der Waals surface area (Å²) in [7, 11) is 0. The number of thioether (sulfide) groups is 1. The minimum atomic E-state index is -0.0354. The standard InChI is InChI=1S/C14H21NOS/c15-11-14(17-12-3-1-2-4-12)9-13(10-14)5-7-16-8-6-13/h12H,1-10H2. The van der Waals surface area contributed by atoms with E-state index in [1.165, 1.54) is 38.5 Å². The van der Waals surface area contributed by atoms with Crippen LogP contribution in [-0.2, 0) is 4.74 Å². The van der Waals surface area contributed by atoms with Crippen LogP contribution in [0.25, 0.3) is 0 Å². The summed E-state index contributed by atoms with van der Waals surface area (Å²) in [6.07, 6.45) is 10.0. The Balaban J connectivity index is 1.60. The smallest absolute Gasteiger partial charge is 0.104 e. The van der Waals surface area contributed by atoms with E-state index in [9.17, 15) is 5.26 Å². The summed E-state index contributed by atoms with van der Waals surface area (Å²) in [6.45, 7) is 1.82. The van der Waals surface area contributed by atoms with Crippen LogP contribution in [0.4, 0.5) is 0 Å². The normalized spacial score (nSPS) is 31.0. The van der Waals surface area contributed by atoms with Crippen LogP contribution in [0, 0.1) is 16.7 Å². The third kappa shape index (κ3) is 2.22. The molecule has 3 fully saturated rings. The van der Waals surface area contributed by atoms with Gasteiger partial charge in [0.15, 0.2) is 0 Å². The molecule has 3 aliphatic rings. The molecular weight excluding hydrogens is 230 g/mol. The number of nitrogens with zero attached hydrogens (tertiary/aromatic N) is 1. The quantitative estimate of drug-likeness (QED) is 0.753. The highest BCUT2D eigenvalue weighted by atomic mass is 32.2. The maximum Gasteiger partial charge on any atom is 0.104 e. The van der Waals surface area contributed by atoms with Crippen molar-refractivity contribution >= 4 is 11.8 Å². The molecule has 3 heteroatoms. The van der Waals surface area contributed by atoms with Crippen LogP contribution in [0.15, 0.2) is 0 Å². The van der Waals surface area contributed by atoms with Gasteiger partial charge < -0.3 is 4.74 Å². The fourth-order valence-corrected chi connectivity index (χ4v) is 5.87. The summed E-state index contributed by atoms with van der Waals surface area (Å²) in [5, 5.41) is 10.3. The van der Waals surface area contributed by atoms with E-state index in [0.717, 1.165) is 31.3 Å². The Morgan fingerprint density at radius 2 is 1.76 bits per heavy atom. The number of rotatable bonds is 2. The minimum absolute atomic E-state index is 0.0354. The molecule has 94 valence electrons. The van der Waals surface area contributed by atoms with Gasteiger partial charge in [-0.3, -0.25) is 0 Å². The molecule has 0 bridgehead atoms. The van der Waals surface area contributed by atoms with Crippen molar-refractivity contribution in [3.63, 3.8) is 0 Å². The molecule has 0 atom stereocenters. The average Bonchev–Trinajstić information content (AvgIpc) is 2.81. The van der Waals surface area contributed by atoms with Crippen LogP contribution in [0.1, 0.15) is 51.4 Å². The second kappa shape index (κ2) is 4.48. The van der Waals surface area contributed by atoms with Crippen molar-refractivity contribution in [3.8, 4) is 6.07 Å². The lowest BCUT2D eigenvalue weighted by Gasteiger charge is -2.54. The average molecular weight is 251 g/mol. The van der Waals surface area contributed by atoms with Crippen molar-refractivity contribution in [2.45, 2.75) is 61.4 Å². The highest BCUT2D eigenvalue weighted by Crippen LogP contribution is 2.61. The third-order valence-electron chi connectivity index (χ3n) is 4.77. The predicted octanol–water partition coefficient (Wildman–Crippen LogP) is 3.52. The summed E-state index contributed by atoms with van der Waals surface area (Å²) in [5.74, 6) is 0. The topological polar surface area (TPSA) is 33.0 Å². The highest BCUT2D eigenvalue weighted by Gasteiger charge is 2.56. The molecule has 1 saturated heterocycles. The summed E-state index contributed by atoms with van der Waals surface area (Å²) >= 11 is 2.01. The zero-order chi connectivity index (χ0) is 11.8. The van der Waals surface area contributed by atoms with Crippen molar-refractivity contribution in [3.05, 3.63) is 0 Å². The van der Waals surface area contributed by atoms with E-state index < -0.39 is 0 Å². The van der Waals surface area contributed by atoms with Crippen LogP contribution in [-0.4, -0.2) is 23.2 Å². The van der Waals surface area contributed by atoms with Gasteiger partial charge in [0.1, 0.15) is 4.75 Å². The van der Waals surface area contributed by atoms with Gasteiger partial charge >= 0.3 is 0 Å². The van der Waals surface area contributed by atoms with Crippen molar-refractivity contribution in [2.75, 3.05) is 13.2 Å². The molecule has 0 aromatic rings. The van der Waals surface area contributed by atoms with Gasteiger partial charge in [-0.2, -0.15) is 5.26 Å². The number of ether oxygens (including phenoxy) is 1. The lowest BCUT2D eigenvalue weighted by Crippen LogP contribution is -2.52. The molecule has 0 radical (unpaired) electrons. The van der Waals surface area contributed by atoms with Crippen LogP contribution in [0.5, 0.6) is 0 Å². The molecule has 0 aromatic heterocycles. The third-order valence-corrected chi connectivity index (χ3v) is 6.41. The molecule has 1 spiro atoms. The molecule has 0 N–H and O–H groups in total. The molecule has 0 aromatic carbocycles. The molecule has 17 heavy (non-hydrogen) atoms. The van der Waals surface area contributed by atoms with Gasteiger partial charge in [0, 0.05) is 18.5 Å². The van der Waals surface area contributed by atoms with Gasteiger partial charge in [0.05, 0.1) is 6.07 Å². The van der Waals surface area contributed by atoms with Crippen LogP contribution in [0.2, 0.25) is 0 Å². The SMILES string of the molecule is N#CC1(SC2CCCC2)CC2(CCOCC2)C1. The molecule has 2 saturated carbocycles. The largest absolute Gasteiger partial charge is 0.381 e. The Bertz CT molecular complexity index is 316. The van der Waals surface area contributed by atoms with Crippen LogP contribution < -0.4 is 0 Å². The van der Waals surface area contributed by atoms with E-state index in [0.29, 0.717) is 5.41 Å². The van der Waals surface area contributed by atoms with Gasteiger partial charge in [0.2, 0.25) is 0 Å². The van der Waals surface area contributed by atoms with E-state index in [1.54, 1.807) is 0 Å². The van der Waals surface area contributed by atoms with Gasteiger partial charge in [-0.1, -0.05) is 12.8 Å². The Labute approximate surface area is 108 Å². The second-order valence-corrected chi connectivity index (χ2v) is 7.78. The summed E-state index contributed by atoms with van der Waals surface area (Å²) in [4.78, 5) is 0. The van der Waals surface area contributed by atoms with E-state index in [1.807, 2.05) is 11.8 Å². The maximum absolute atomic E-state index is 9.51. The Kier molecular flexibility index (Phi) is 3.13. The first kappa shape index (κ1) is 11.9. The molecule has 0 unspecified atom stereocenters. The van der Waals surface area contributed by atoms with Gasteiger partial charge in [-0.25, -0.2) is 0 Å². The Morgan fingerprint density at radius 3 is 2.35 bits per heavy atom. The van der Waals surface area contributed by atoms with Gasteiger partial charge in [-0.15, -0.1) is 11.8 Å². The van der Waals surface area contributed by atoms with E-state index in [2.05, 4.69) is 6.07 Å². The number of nitriles is 1. The fraction of sp³-hybridized carbons (Fsp3) is 0.929. The molecule has 1 heterocycles. The van der Waals surface area contributed by atoms with E-state index in [4.69, 9.17) is 4.74 Å². The van der Waals surface area contributed by atoms with Crippen molar-refractivity contribution < 1.29 is 4.74 Å². The van der Waals surface area contributed by atoms with Crippen LogP contribution >= 0.6 is 11.8 Å². The lowest BCUT2D eigenvalue weighted by molar-refractivity contribution is -0.0365. The second-order valence-electron chi connectivity index (χ2n) is 6.10. The van der Waals surface area contributed by atoms with E-state index in [-0.39, 0.29) is 4.75 Å². The summed E-state index contributed by atoms with van der Waals surface area (Å²) in [5.41, 5.74) is 0.472. The summed E-state index contributed by atoms with van der Waals surface area (Å²) < 4.78 is 5.41. The zero-order valence-corrected chi connectivity index (χ0v) is 11.2. The highest BCUT2D eigenvalue weighted by molar-refractivity contribution is 8.01. The zero-order valence-electron chi connectivity index (χ0n) is 10.4. The summed E-state index contributed by atoms with van der Waals surface area (Å²) in [6, 6.07) is 2.64. The maximum atomic E-state index is 9.51. The first-order valence-electron chi connectivity index (χ1n) is 6.93. The first-order valence-corrected chi connectivity index (χ1v) is 7.81. The molecule has 1 aliphatic heterocycles. The Morgan fingerprint density at radius 1 is 1.12 bits per heavy atom. The van der Waals surface area contributed by atoms with Crippen molar-refractivity contribution in [1.82, 2.24) is 0 Å². The number of hydrogen-bond acceptors (Lipinski definition) is 3. The molecule has 2 nitrogen and oxygen atoms in total. The number of hydrogen-bond donors (Lipinski definition) is 0. The molecular formula is C14H21NOS. The molecule has 0 amide bonds. The minimum Gasteiger partial charge on any atom is -0.381 e. The molecule has 2 aliphatic carbocycles. The lowest BCUT2D eigenvalue weighted by atomic mass is 9.58. The van der Waals surface area contributed by atoms with Gasteiger partial charge in [0.25, 0.3) is 0 Å². The van der Waals surface area contributed by atoms with Crippen molar-refractivity contribution in [2.24, 2.45) is 5.41 Å². The van der Waals surface area contributed by atoms with Crippen LogP contribution in [0.3, 0.4) is 0 Å². The van der Waals surface area contributed by atoms with Crippen molar-refractivity contribution in [1.29, 1.82) is 5.26 Å². The van der Waals surface area contributed by atoms with E-state index >= 15 is 0 Å². The fourth-order valence-electron chi connectivity index (χ4n) is 3.83. The predicted molar refractivity (Wildman–Crippen MR) is 69.9 cm³/mol. The molecule has 3 rings (SSSR count). The Hall–Kier alpha value is -0.200. The first-order chi connectivity index (χ1) is 8.26. The monoisotopic (exact) mass is 251 g/mol. The van der Waals surface area contributed by atoms with Gasteiger partial charge in [-0.05, 0) is 43.9 Å².